The van der Waals surface area contributed by atoms with Gasteiger partial charge in [-0.1, -0.05) is 276 Å². The summed E-state index contributed by atoms with van der Waals surface area (Å²) in [5, 5.41) is 27.9. The number of aliphatic hydroxyl groups is 2. The molecule has 0 aliphatic heterocycles. The average Bonchev–Trinajstić information content (AvgIpc) is 3.90. The third kappa shape index (κ3) is 35.0. The fraction of sp³-hybridized carbons (Fsp3) is 0.788. The van der Waals surface area contributed by atoms with Crippen LogP contribution in [-0.4, -0.2) is 64.3 Å². The van der Waals surface area contributed by atoms with Gasteiger partial charge >= 0.3 is 0 Å². The van der Waals surface area contributed by atoms with Crippen molar-refractivity contribution in [1.82, 2.24) is 15.0 Å². The van der Waals surface area contributed by atoms with Gasteiger partial charge < -0.3 is 29.2 Å². The van der Waals surface area contributed by atoms with E-state index < -0.39 is 6.10 Å². The van der Waals surface area contributed by atoms with Gasteiger partial charge in [-0.2, -0.15) is 0 Å². The molecular formula is C66H115N3O6. The van der Waals surface area contributed by atoms with Crippen LogP contribution in [0.3, 0.4) is 0 Å². The molecule has 0 bridgehead atoms. The first-order valence-corrected chi connectivity index (χ1v) is 32.0. The van der Waals surface area contributed by atoms with E-state index in [9.17, 15) is 5.11 Å². The molecule has 0 amide bonds. The van der Waals surface area contributed by atoms with E-state index in [0.29, 0.717) is 32.1 Å². The van der Waals surface area contributed by atoms with Crippen molar-refractivity contribution in [3.63, 3.8) is 0 Å². The van der Waals surface area contributed by atoms with Gasteiger partial charge in [-0.05, 0) is 61.2 Å². The quantitative estimate of drug-likeness (QED) is 0.0538. The predicted molar refractivity (Wildman–Crippen MR) is 317 cm³/mol. The van der Waals surface area contributed by atoms with Crippen LogP contribution >= 0.6 is 0 Å². The summed E-state index contributed by atoms with van der Waals surface area (Å²) in [6.07, 6.45) is 57.0. The maximum absolute atomic E-state index is 9.70. The van der Waals surface area contributed by atoms with E-state index in [-0.39, 0.29) is 13.2 Å². The Labute approximate surface area is 460 Å². The topological polar surface area (TPSA) is 108 Å². The molecule has 2 N–H and O–H groups in total. The molecule has 75 heavy (non-hydrogen) atoms. The maximum Gasteiger partial charge on any atom is 0.203 e. The van der Waals surface area contributed by atoms with Gasteiger partial charge in [0.05, 0.1) is 39.2 Å². The van der Waals surface area contributed by atoms with Crippen LogP contribution in [0.25, 0.3) is 11.3 Å². The van der Waals surface area contributed by atoms with E-state index in [2.05, 4.69) is 43.2 Å². The molecule has 1 aromatic heterocycles. The molecule has 2 aromatic carbocycles. The van der Waals surface area contributed by atoms with E-state index in [0.717, 1.165) is 53.3 Å². The minimum absolute atomic E-state index is 0.0334. The molecule has 9 nitrogen and oxygen atoms in total. The van der Waals surface area contributed by atoms with Gasteiger partial charge in [0, 0.05) is 5.56 Å². The van der Waals surface area contributed by atoms with Crippen molar-refractivity contribution < 1.29 is 29.2 Å². The Morgan fingerprint density at radius 1 is 0.427 bits per heavy atom. The summed E-state index contributed by atoms with van der Waals surface area (Å²) in [5.41, 5.74) is 2.71. The van der Waals surface area contributed by atoms with Crippen molar-refractivity contribution in [2.75, 3.05) is 33.0 Å². The maximum atomic E-state index is 9.70. The zero-order valence-electron chi connectivity index (χ0n) is 48.9. The summed E-state index contributed by atoms with van der Waals surface area (Å²) in [4.78, 5) is 0. The average molecular weight is 1050 g/mol. The molecular weight excluding hydrogens is 931 g/mol. The molecule has 430 valence electrons. The van der Waals surface area contributed by atoms with Crippen LogP contribution in [0.5, 0.6) is 23.0 Å². The molecule has 0 radical (unpaired) electrons. The van der Waals surface area contributed by atoms with E-state index in [4.69, 9.17) is 24.1 Å². The molecule has 1 atom stereocenters. The minimum Gasteiger partial charge on any atom is -0.491 e. The molecule has 9 heteroatoms. The Morgan fingerprint density at radius 3 is 1.11 bits per heavy atom. The standard InChI is InChI=1S/C66H115N3O6/c1-4-7-10-13-16-19-22-25-28-31-34-37-40-43-50-72-64-53-59(55-69-56-63(67-68-69)60-46-48-62(49-47-60)75-58-61(71)57-70)54-65(73-51-44-41-38-35-32-29-26-23-20-17-14-11-8-5-2)66(64)74-52-45-42-39-36-33-30-27-24-21-18-15-12-9-6-3/h46-49,53-54,56,61,70-71H,4-45,50-52,55,57-58H2,1-3H3. The number of benzene rings is 2. The number of aliphatic hydroxyl groups excluding tert-OH is 2. The summed E-state index contributed by atoms with van der Waals surface area (Å²) >= 11 is 0. The zero-order chi connectivity index (χ0) is 53.3. The van der Waals surface area contributed by atoms with Gasteiger partial charge in [0.1, 0.15) is 24.2 Å². The monoisotopic (exact) mass is 1050 g/mol. The lowest BCUT2D eigenvalue weighted by molar-refractivity contribution is 0.0536. The van der Waals surface area contributed by atoms with Gasteiger partial charge in [-0.25, -0.2) is 4.68 Å². The normalized spacial score (nSPS) is 11.9. The number of ether oxygens (including phenoxy) is 4. The van der Waals surface area contributed by atoms with Crippen LogP contribution in [0.15, 0.2) is 42.6 Å². The molecule has 0 aliphatic rings. The summed E-state index contributed by atoms with van der Waals surface area (Å²) in [7, 11) is 0. The second kappa shape index (κ2) is 47.9. The van der Waals surface area contributed by atoms with E-state index in [1.165, 1.54) is 250 Å². The van der Waals surface area contributed by atoms with Crippen molar-refractivity contribution in [3.05, 3.63) is 48.2 Å². The van der Waals surface area contributed by atoms with Crippen molar-refractivity contribution in [1.29, 1.82) is 0 Å². The van der Waals surface area contributed by atoms with Gasteiger partial charge in [0.2, 0.25) is 5.75 Å². The largest absolute Gasteiger partial charge is 0.491 e. The van der Waals surface area contributed by atoms with Crippen molar-refractivity contribution in [2.24, 2.45) is 0 Å². The van der Waals surface area contributed by atoms with Crippen molar-refractivity contribution in [2.45, 2.75) is 303 Å². The number of nitrogens with zero attached hydrogens (tertiary/aromatic N) is 3. The van der Waals surface area contributed by atoms with Crippen LogP contribution in [-0.2, 0) is 6.54 Å². The smallest absolute Gasteiger partial charge is 0.203 e. The minimum atomic E-state index is -0.913. The highest BCUT2D eigenvalue weighted by molar-refractivity contribution is 5.59. The van der Waals surface area contributed by atoms with Gasteiger partial charge in [-0.15, -0.1) is 5.10 Å². The lowest BCUT2D eigenvalue weighted by Gasteiger charge is -2.19. The first kappa shape index (κ1) is 66.0. The molecule has 0 saturated carbocycles. The second-order valence-corrected chi connectivity index (χ2v) is 22.2. The first-order valence-electron chi connectivity index (χ1n) is 32.0. The predicted octanol–water partition coefficient (Wildman–Crippen LogP) is 19.3. The first-order chi connectivity index (χ1) is 37.1. The van der Waals surface area contributed by atoms with E-state index in [1.54, 1.807) is 0 Å². The Hall–Kier alpha value is -3.30. The van der Waals surface area contributed by atoms with Crippen LogP contribution in [0.4, 0.5) is 0 Å². The number of rotatable bonds is 55. The van der Waals surface area contributed by atoms with E-state index >= 15 is 0 Å². The fourth-order valence-corrected chi connectivity index (χ4v) is 10.2. The summed E-state index contributed by atoms with van der Waals surface area (Å²) in [5.74, 6) is 2.90. The van der Waals surface area contributed by atoms with Crippen LogP contribution in [0, 0.1) is 0 Å². The van der Waals surface area contributed by atoms with E-state index in [1.807, 2.05) is 35.1 Å². The summed E-state index contributed by atoms with van der Waals surface area (Å²) < 4.78 is 27.6. The summed E-state index contributed by atoms with van der Waals surface area (Å²) in [6.45, 7) is 9.05. The third-order valence-corrected chi connectivity index (χ3v) is 15.0. The number of hydrogen-bond acceptors (Lipinski definition) is 8. The molecule has 1 heterocycles. The Bertz CT molecular complexity index is 1640. The molecule has 0 spiro atoms. The Kier molecular flexibility index (Phi) is 42.1. The molecule has 3 rings (SSSR count). The Balaban J connectivity index is 1.61. The molecule has 0 aliphatic carbocycles. The molecule has 1 unspecified atom stereocenters. The third-order valence-electron chi connectivity index (χ3n) is 15.0. The Morgan fingerprint density at radius 2 is 0.760 bits per heavy atom. The summed E-state index contributed by atoms with van der Waals surface area (Å²) in [6, 6.07) is 11.8. The highest BCUT2D eigenvalue weighted by atomic mass is 16.5. The lowest BCUT2D eigenvalue weighted by atomic mass is 10.0. The molecule has 3 aromatic rings. The van der Waals surface area contributed by atoms with Gasteiger partial charge in [0.25, 0.3) is 0 Å². The van der Waals surface area contributed by atoms with Crippen LogP contribution in [0.2, 0.25) is 0 Å². The number of hydrogen-bond donors (Lipinski definition) is 2. The van der Waals surface area contributed by atoms with Gasteiger partial charge in [0.15, 0.2) is 11.5 Å². The van der Waals surface area contributed by atoms with Crippen LogP contribution in [0.1, 0.15) is 296 Å². The highest BCUT2D eigenvalue weighted by Gasteiger charge is 2.18. The van der Waals surface area contributed by atoms with Crippen LogP contribution < -0.4 is 18.9 Å². The second-order valence-electron chi connectivity index (χ2n) is 22.2. The zero-order valence-corrected chi connectivity index (χ0v) is 48.9. The lowest BCUT2D eigenvalue weighted by Crippen LogP contribution is -2.21. The van der Waals surface area contributed by atoms with Crippen molar-refractivity contribution in [3.8, 4) is 34.3 Å². The highest BCUT2D eigenvalue weighted by Crippen LogP contribution is 2.40. The number of aromatic nitrogens is 3. The SMILES string of the molecule is CCCCCCCCCCCCCCCCOc1cc(Cn2cc(-c3ccc(OCC(O)CO)cc3)nn2)cc(OCCCCCCCCCCCCCCCC)c1OCCCCCCCCCCCCCCCC. The van der Waals surface area contributed by atoms with Crippen molar-refractivity contribution >= 4 is 0 Å². The molecule has 0 saturated heterocycles. The number of unbranched alkanes of at least 4 members (excludes halogenated alkanes) is 39. The molecule has 0 fully saturated rings. The van der Waals surface area contributed by atoms with Gasteiger partial charge in [-0.3, -0.25) is 0 Å². The fourth-order valence-electron chi connectivity index (χ4n) is 10.2.